The molecule has 0 fully saturated rings. The molecule has 4 rings (SSSR count). The van der Waals surface area contributed by atoms with E-state index in [9.17, 15) is 0 Å². The molecule has 2 aromatic carbocycles. The van der Waals surface area contributed by atoms with Gasteiger partial charge in [0.1, 0.15) is 0 Å². The molecular formula is C25H32ClN3O2. The predicted molar refractivity (Wildman–Crippen MR) is 130 cm³/mol. The smallest absolute Gasteiger partial charge is 0.231 e. The van der Waals surface area contributed by atoms with Crippen LogP contribution in [0.1, 0.15) is 50.2 Å². The molecule has 0 atom stereocenters. The summed E-state index contributed by atoms with van der Waals surface area (Å²) in [5, 5.41) is 8.27. The van der Waals surface area contributed by atoms with Crippen LogP contribution in [0.4, 0.5) is 5.69 Å². The number of ether oxygens (including phenoxy) is 2. The molecule has 1 aromatic heterocycles. The van der Waals surface area contributed by atoms with Gasteiger partial charge in [-0.25, -0.2) is 0 Å². The molecule has 0 bridgehead atoms. The van der Waals surface area contributed by atoms with Crippen molar-refractivity contribution in [2.45, 2.75) is 45.6 Å². The summed E-state index contributed by atoms with van der Waals surface area (Å²) in [5.74, 6) is 2.33. The molecular weight excluding hydrogens is 410 g/mol. The first kappa shape index (κ1) is 23.2. The van der Waals surface area contributed by atoms with Crippen molar-refractivity contribution >= 4 is 29.0 Å². The van der Waals surface area contributed by atoms with E-state index in [0.29, 0.717) is 12.7 Å². The second kappa shape index (κ2) is 11.2. The van der Waals surface area contributed by atoms with Crippen LogP contribution in [0.5, 0.6) is 11.5 Å². The minimum atomic E-state index is 0. The van der Waals surface area contributed by atoms with Crippen LogP contribution >= 0.6 is 12.4 Å². The van der Waals surface area contributed by atoms with Crippen LogP contribution in [-0.4, -0.2) is 24.9 Å². The molecule has 166 valence electrons. The number of pyridine rings is 1. The van der Waals surface area contributed by atoms with Gasteiger partial charge in [0.05, 0.1) is 5.52 Å². The topological polar surface area (TPSA) is 55.4 Å². The van der Waals surface area contributed by atoms with E-state index in [-0.39, 0.29) is 12.4 Å². The molecule has 31 heavy (non-hydrogen) atoms. The zero-order chi connectivity index (χ0) is 20.8. The summed E-state index contributed by atoms with van der Waals surface area (Å²) in [7, 11) is 0. The minimum Gasteiger partial charge on any atom is -0.454 e. The van der Waals surface area contributed by atoms with Crippen molar-refractivity contribution in [2.24, 2.45) is 0 Å². The van der Waals surface area contributed by atoms with Crippen LogP contribution in [0.25, 0.3) is 10.9 Å². The highest BCUT2D eigenvalue weighted by Crippen LogP contribution is 2.35. The Bertz CT molecular complexity index is 992. The van der Waals surface area contributed by atoms with Crippen LogP contribution in [0.3, 0.4) is 0 Å². The van der Waals surface area contributed by atoms with Gasteiger partial charge >= 0.3 is 0 Å². The highest BCUT2D eigenvalue weighted by molar-refractivity contribution is 5.91. The maximum Gasteiger partial charge on any atom is 0.231 e. The number of hydrogen-bond donors (Lipinski definition) is 2. The van der Waals surface area contributed by atoms with E-state index in [1.807, 2.05) is 18.3 Å². The zero-order valence-electron chi connectivity index (χ0n) is 18.3. The fourth-order valence-electron chi connectivity index (χ4n) is 4.12. The molecule has 6 heteroatoms. The number of benzene rings is 2. The Morgan fingerprint density at radius 2 is 1.90 bits per heavy atom. The Balaban J connectivity index is 0.00000272. The number of nitrogens with one attached hydrogen (secondary N) is 2. The quantitative estimate of drug-likeness (QED) is 0.385. The van der Waals surface area contributed by atoms with Crippen LogP contribution in [-0.2, 0) is 6.54 Å². The first-order valence-corrected chi connectivity index (χ1v) is 11.0. The molecule has 0 unspecified atom stereocenters. The normalized spacial score (nSPS) is 12.2. The maximum absolute atomic E-state index is 5.56. The molecule has 0 spiro atoms. The second-order valence-corrected chi connectivity index (χ2v) is 7.76. The summed E-state index contributed by atoms with van der Waals surface area (Å²) >= 11 is 0. The molecule has 1 aliphatic rings. The molecule has 3 aromatic rings. The van der Waals surface area contributed by atoms with Gasteiger partial charge in [0, 0.05) is 35.9 Å². The largest absolute Gasteiger partial charge is 0.454 e. The number of fused-ring (bicyclic) bond motifs is 2. The number of hydrogen-bond acceptors (Lipinski definition) is 5. The monoisotopic (exact) mass is 441 g/mol. The van der Waals surface area contributed by atoms with Gasteiger partial charge in [0.15, 0.2) is 11.5 Å². The number of anilines is 1. The number of aromatic nitrogens is 1. The standard InChI is InChI=1S/C25H31N3O2.ClH/c1-3-18(4-2)19-9-10-21-22(11-14-28-23(21)15-19)27-13-6-12-26-16-20-7-5-8-24-25(20)30-17-29-24;/h5,7-11,14-15,18,26H,3-4,6,12-13,16-17H2,1-2H3,(H,27,28);1H. The van der Waals surface area contributed by atoms with Crippen molar-refractivity contribution in [2.75, 3.05) is 25.2 Å². The molecule has 5 nitrogen and oxygen atoms in total. The van der Waals surface area contributed by atoms with Gasteiger partial charge < -0.3 is 20.1 Å². The summed E-state index contributed by atoms with van der Waals surface area (Å²) in [6, 6.07) is 14.8. The third kappa shape index (κ3) is 5.41. The van der Waals surface area contributed by atoms with Crippen LogP contribution in [0.15, 0.2) is 48.7 Å². The molecule has 0 saturated heterocycles. The summed E-state index contributed by atoms with van der Waals surface area (Å²) in [4.78, 5) is 4.60. The van der Waals surface area contributed by atoms with E-state index in [2.05, 4.69) is 59.8 Å². The predicted octanol–water partition coefficient (Wildman–Crippen LogP) is 5.88. The van der Waals surface area contributed by atoms with Crippen molar-refractivity contribution in [3.63, 3.8) is 0 Å². The summed E-state index contributed by atoms with van der Waals surface area (Å²) < 4.78 is 11.0. The first-order chi connectivity index (χ1) is 14.8. The molecule has 0 radical (unpaired) electrons. The maximum atomic E-state index is 5.56. The SMILES string of the molecule is CCC(CC)c1ccc2c(NCCCNCc3cccc4c3OCO4)ccnc2c1.Cl. The van der Waals surface area contributed by atoms with E-state index in [1.165, 1.54) is 10.9 Å². The average molecular weight is 442 g/mol. The lowest BCUT2D eigenvalue weighted by atomic mass is 9.93. The fraction of sp³-hybridized carbons (Fsp3) is 0.400. The van der Waals surface area contributed by atoms with Crippen molar-refractivity contribution < 1.29 is 9.47 Å². The Labute approximate surface area is 191 Å². The Morgan fingerprint density at radius 3 is 2.74 bits per heavy atom. The third-order valence-corrected chi connectivity index (χ3v) is 5.86. The van der Waals surface area contributed by atoms with Crippen molar-refractivity contribution in [3.8, 4) is 11.5 Å². The molecule has 2 N–H and O–H groups in total. The van der Waals surface area contributed by atoms with E-state index in [1.54, 1.807) is 0 Å². The number of para-hydroxylation sites is 1. The van der Waals surface area contributed by atoms with Crippen molar-refractivity contribution in [1.29, 1.82) is 0 Å². The Morgan fingerprint density at radius 1 is 1.03 bits per heavy atom. The third-order valence-electron chi connectivity index (χ3n) is 5.86. The van der Waals surface area contributed by atoms with Crippen LogP contribution < -0.4 is 20.1 Å². The average Bonchev–Trinajstić information content (AvgIpc) is 3.26. The van der Waals surface area contributed by atoms with E-state index >= 15 is 0 Å². The number of halogens is 1. The lowest BCUT2D eigenvalue weighted by Crippen LogP contribution is -2.18. The van der Waals surface area contributed by atoms with E-state index in [0.717, 1.165) is 67.2 Å². The summed E-state index contributed by atoms with van der Waals surface area (Å²) in [6.45, 7) is 7.44. The number of nitrogens with zero attached hydrogens (tertiary/aromatic N) is 1. The number of rotatable bonds is 10. The van der Waals surface area contributed by atoms with Gasteiger partial charge in [-0.1, -0.05) is 38.1 Å². The van der Waals surface area contributed by atoms with Crippen LogP contribution in [0.2, 0.25) is 0 Å². The lowest BCUT2D eigenvalue weighted by molar-refractivity contribution is 0.173. The zero-order valence-corrected chi connectivity index (χ0v) is 19.1. The van der Waals surface area contributed by atoms with E-state index in [4.69, 9.17) is 9.47 Å². The van der Waals surface area contributed by atoms with Crippen LogP contribution in [0, 0.1) is 0 Å². The second-order valence-electron chi connectivity index (χ2n) is 7.76. The van der Waals surface area contributed by atoms with Crippen molar-refractivity contribution in [1.82, 2.24) is 10.3 Å². The van der Waals surface area contributed by atoms with E-state index < -0.39 is 0 Å². The molecule has 0 saturated carbocycles. The van der Waals surface area contributed by atoms with Gasteiger partial charge in [-0.2, -0.15) is 0 Å². The van der Waals surface area contributed by atoms with Gasteiger partial charge in [-0.3, -0.25) is 4.98 Å². The van der Waals surface area contributed by atoms with Gasteiger partial charge in [0.2, 0.25) is 6.79 Å². The molecule has 1 aliphatic heterocycles. The molecule has 2 heterocycles. The fourth-order valence-corrected chi connectivity index (χ4v) is 4.12. The lowest BCUT2D eigenvalue weighted by Gasteiger charge is -2.15. The van der Waals surface area contributed by atoms with Crippen molar-refractivity contribution in [3.05, 3.63) is 59.8 Å². The molecule has 0 aliphatic carbocycles. The Hall–Kier alpha value is -2.50. The highest BCUT2D eigenvalue weighted by Gasteiger charge is 2.16. The highest BCUT2D eigenvalue weighted by atomic mass is 35.5. The first-order valence-electron chi connectivity index (χ1n) is 11.0. The summed E-state index contributed by atoms with van der Waals surface area (Å²) in [5.41, 5.74) is 4.76. The minimum absolute atomic E-state index is 0. The summed E-state index contributed by atoms with van der Waals surface area (Å²) in [6.07, 6.45) is 5.26. The van der Waals surface area contributed by atoms with Gasteiger partial charge in [-0.15, -0.1) is 12.4 Å². The molecule has 0 amide bonds. The van der Waals surface area contributed by atoms with Gasteiger partial charge in [0.25, 0.3) is 0 Å². The van der Waals surface area contributed by atoms with Gasteiger partial charge in [-0.05, 0) is 55.5 Å². The Kier molecular flexibility index (Phi) is 8.38.